The van der Waals surface area contributed by atoms with Crippen molar-refractivity contribution in [2.45, 2.75) is 25.9 Å². The second kappa shape index (κ2) is 7.98. The van der Waals surface area contributed by atoms with Crippen LogP contribution in [0.5, 0.6) is 0 Å². The van der Waals surface area contributed by atoms with E-state index in [2.05, 4.69) is 5.32 Å². The Balaban J connectivity index is 1.92. The van der Waals surface area contributed by atoms with Crippen molar-refractivity contribution in [2.75, 3.05) is 31.6 Å². The topological polar surface area (TPSA) is 58.6 Å². The Morgan fingerprint density at radius 2 is 2.21 bits per heavy atom. The quantitative estimate of drug-likeness (QED) is 0.816. The summed E-state index contributed by atoms with van der Waals surface area (Å²) in [6.45, 7) is 2.04. The SMILES string of the molecule is CCOC(=O)c1ccsc1NC(=O)CN1CCCC(C(F)(F)F)C1. The van der Waals surface area contributed by atoms with Gasteiger partial charge in [-0.25, -0.2) is 4.79 Å². The minimum absolute atomic E-state index is 0.0968. The molecular weight excluding hydrogens is 345 g/mol. The summed E-state index contributed by atoms with van der Waals surface area (Å²) in [4.78, 5) is 25.3. The number of ether oxygens (including phenoxy) is 1. The van der Waals surface area contributed by atoms with Crippen molar-refractivity contribution in [3.05, 3.63) is 17.0 Å². The number of likely N-dealkylation sites (tertiary alicyclic amines) is 1. The summed E-state index contributed by atoms with van der Waals surface area (Å²) in [5.74, 6) is -2.37. The van der Waals surface area contributed by atoms with Crippen LogP contribution in [0, 0.1) is 5.92 Å². The van der Waals surface area contributed by atoms with Gasteiger partial charge >= 0.3 is 12.1 Å². The highest BCUT2D eigenvalue weighted by Crippen LogP contribution is 2.33. The number of hydrogen-bond acceptors (Lipinski definition) is 5. The van der Waals surface area contributed by atoms with Crippen LogP contribution in [0.1, 0.15) is 30.1 Å². The molecule has 1 fully saturated rings. The van der Waals surface area contributed by atoms with E-state index < -0.39 is 24.0 Å². The molecule has 1 N–H and O–H groups in total. The van der Waals surface area contributed by atoms with Gasteiger partial charge in [0.25, 0.3) is 0 Å². The molecule has 1 unspecified atom stereocenters. The zero-order chi connectivity index (χ0) is 17.7. The summed E-state index contributed by atoms with van der Waals surface area (Å²) in [5.41, 5.74) is 0.252. The third-order valence-electron chi connectivity index (χ3n) is 3.75. The highest BCUT2D eigenvalue weighted by Gasteiger charge is 2.41. The average molecular weight is 364 g/mol. The van der Waals surface area contributed by atoms with E-state index in [1.165, 1.54) is 16.2 Å². The smallest absolute Gasteiger partial charge is 0.393 e. The lowest BCUT2D eigenvalue weighted by Crippen LogP contribution is -2.44. The van der Waals surface area contributed by atoms with Gasteiger partial charge < -0.3 is 10.1 Å². The molecule has 134 valence electrons. The minimum atomic E-state index is -4.24. The van der Waals surface area contributed by atoms with Gasteiger partial charge in [0, 0.05) is 6.54 Å². The van der Waals surface area contributed by atoms with E-state index in [9.17, 15) is 22.8 Å². The van der Waals surface area contributed by atoms with E-state index in [1.54, 1.807) is 18.4 Å². The monoisotopic (exact) mass is 364 g/mol. The number of alkyl halides is 3. The molecular formula is C15H19F3N2O3S. The Hall–Kier alpha value is -1.61. The van der Waals surface area contributed by atoms with Crippen LogP contribution in [0.3, 0.4) is 0 Å². The number of rotatable bonds is 5. The van der Waals surface area contributed by atoms with Crippen LogP contribution in [0.2, 0.25) is 0 Å². The molecule has 24 heavy (non-hydrogen) atoms. The summed E-state index contributed by atoms with van der Waals surface area (Å²) in [6.07, 6.45) is -3.73. The number of carbonyl (C=O) groups excluding carboxylic acids is 2. The molecule has 2 heterocycles. The van der Waals surface area contributed by atoms with Gasteiger partial charge in [-0.3, -0.25) is 9.69 Å². The predicted molar refractivity (Wildman–Crippen MR) is 84.1 cm³/mol. The van der Waals surface area contributed by atoms with Gasteiger partial charge in [0.1, 0.15) is 5.00 Å². The number of nitrogens with one attached hydrogen (secondary N) is 1. The van der Waals surface area contributed by atoms with Crippen LogP contribution < -0.4 is 5.32 Å². The Morgan fingerprint density at radius 1 is 1.46 bits per heavy atom. The maximum Gasteiger partial charge on any atom is 0.393 e. The Morgan fingerprint density at radius 3 is 2.88 bits per heavy atom. The zero-order valence-corrected chi connectivity index (χ0v) is 14.0. The molecule has 1 saturated heterocycles. The van der Waals surface area contributed by atoms with Crippen molar-refractivity contribution in [3.8, 4) is 0 Å². The molecule has 1 aromatic heterocycles. The van der Waals surface area contributed by atoms with Crippen molar-refractivity contribution in [2.24, 2.45) is 5.92 Å². The van der Waals surface area contributed by atoms with Gasteiger partial charge in [-0.15, -0.1) is 11.3 Å². The van der Waals surface area contributed by atoms with Crippen LogP contribution >= 0.6 is 11.3 Å². The van der Waals surface area contributed by atoms with Crippen molar-refractivity contribution in [1.29, 1.82) is 0 Å². The molecule has 1 aliphatic heterocycles. The second-order valence-electron chi connectivity index (χ2n) is 5.55. The first-order valence-corrected chi connectivity index (χ1v) is 8.52. The highest BCUT2D eigenvalue weighted by atomic mass is 32.1. The first-order chi connectivity index (χ1) is 11.3. The third-order valence-corrected chi connectivity index (χ3v) is 4.58. The molecule has 5 nitrogen and oxygen atoms in total. The van der Waals surface area contributed by atoms with Crippen molar-refractivity contribution in [3.63, 3.8) is 0 Å². The molecule has 0 saturated carbocycles. The molecule has 9 heteroatoms. The van der Waals surface area contributed by atoms with Gasteiger partial charge in [-0.2, -0.15) is 13.2 Å². The van der Waals surface area contributed by atoms with Gasteiger partial charge in [-0.1, -0.05) is 0 Å². The Labute approximate surface area is 141 Å². The summed E-state index contributed by atoms with van der Waals surface area (Å²) in [7, 11) is 0. The number of amides is 1. The fraction of sp³-hybridized carbons (Fsp3) is 0.600. The number of hydrogen-bond donors (Lipinski definition) is 1. The first kappa shape index (κ1) is 18.7. The lowest BCUT2D eigenvalue weighted by molar-refractivity contribution is -0.186. The average Bonchev–Trinajstić information content (AvgIpc) is 2.95. The molecule has 1 aromatic rings. The summed E-state index contributed by atoms with van der Waals surface area (Å²) in [5, 5.41) is 4.58. The molecule has 1 amide bonds. The maximum absolute atomic E-state index is 12.8. The van der Waals surface area contributed by atoms with Gasteiger partial charge in [0.2, 0.25) is 5.91 Å². The molecule has 0 spiro atoms. The van der Waals surface area contributed by atoms with E-state index in [1.807, 2.05) is 0 Å². The fourth-order valence-electron chi connectivity index (χ4n) is 2.61. The number of piperidine rings is 1. The Bertz CT molecular complexity index is 589. The van der Waals surface area contributed by atoms with Gasteiger partial charge in [0.05, 0.1) is 24.6 Å². The molecule has 0 aromatic carbocycles. The molecule has 1 atom stereocenters. The van der Waals surface area contributed by atoms with Gasteiger partial charge in [-0.05, 0) is 37.8 Å². The van der Waals surface area contributed by atoms with Crippen molar-refractivity contribution < 1.29 is 27.5 Å². The van der Waals surface area contributed by atoms with Gasteiger partial charge in [0.15, 0.2) is 0 Å². The molecule has 0 bridgehead atoms. The number of anilines is 1. The molecule has 0 radical (unpaired) electrons. The predicted octanol–water partition coefficient (Wildman–Crippen LogP) is 3.14. The maximum atomic E-state index is 12.8. The number of halogens is 3. The second-order valence-corrected chi connectivity index (χ2v) is 6.46. The van der Waals surface area contributed by atoms with E-state index in [-0.39, 0.29) is 31.7 Å². The van der Waals surface area contributed by atoms with E-state index in [4.69, 9.17) is 4.74 Å². The molecule has 2 rings (SSSR count). The molecule has 1 aliphatic rings. The van der Waals surface area contributed by atoms with Crippen molar-refractivity contribution in [1.82, 2.24) is 4.90 Å². The summed E-state index contributed by atoms with van der Waals surface area (Å²) in [6, 6.07) is 1.54. The van der Waals surface area contributed by atoms with E-state index in [0.717, 1.165) is 0 Å². The standard InChI is InChI=1S/C15H19F3N2O3S/c1-2-23-14(22)11-5-7-24-13(11)19-12(21)9-20-6-3-4-10(8-20)15(16,17)18/h5,7,10H,2-4,6,8-9H2,1H3,(H,19,21). The first-order valence-electron chi connectivity index (χ1n) is 7.64. The highest BCUT2D eigenvalue weighted by molar-refractivity contribution is 7.14. The number of nitrogens with zero attached hydrogens (tertiary/aromatic N) is 1. The summed E-state index contributed by atoms with van der Waals surface area (Å²) >= 11 is 1.17. The lowest BCUT2D eigenvalue weighted by atomic mass is 9.97. The minimum Gasteiger partial charge on any atom is -0.462 e. The van der Waals surface area contributed by atoms with E-state index >= 15 is 0 Å². The number of esters is 1. The molecule has 0 aliphatic carbocycles. The van der Waals surface area contributed by atoms with Crippen LogP contribution in [-0.4, -0.2) is 49.2 Å². The van der Waals surface area contributed by atoms with E-state index in [0.29, 0.717) is 18.0 Å². The normalized spacial score (nSPS) is 19.1. The Kier molecular flexibility index (Phi) is 6.22. The van der Waals surface area contributed by atoms with Crippen LogP contribution in [-0.2, 0) is 9.53 Å². The zero-order valence-electron chi connectivity index (χ0n) is 13.2. The van der Waals surface area contributed by atoms with Crippen LogP contribution in [0.4, 0.5) is 18.2 Å². The number of thiophene rings is 1. The lowest BCUT2D eigenvalue weighted by Gasteiger charge is -2.33. The third kappa shape index (κ3) is 4.94. The van der Waals surface area contributed by atoms with Crippen molar-refractivity contribution >= 4 is 28.2 Å². The van der Waals surface area contributed by atoms with Crippen LogP contribution in [0.25, 0.3) is 0 Å². The fourth-order valence-corrected chi connectivity index (χ4v) is 3.40. The number of carbonyl (C=O) groups is 2. The summed E-state index contributed by atoms with van der Waals surface area (Å²) < 4.78 is 43.3. The van der Waals surface area contributed by atoms with Crippen LogP contribution in [0.15, 0.2) is 11.4 Å². The largest absolute Gasteiger partial charge is 0.462 e.